The molecule has 0 radical (unpaired) electrons. The SMILES string of the molecule is COc1ccc(OCC(=O)N/N=C/c2ccc(N(C)C)c([N+](=O)[O-])c2)cc1. The summed E-state index contributed by atoms with van der Waals surface area (Å²) in [6.07, 6.45) is 1.33. The lowest BCUT2D eigenvalue weighted by Crippen LogP contribution is -2.24. The number of amides is 1. The Balaban J connectivity index is 1.91. The topological polar surface area (TPSA) is 106 Å². The molecule has 2 rings (SSSR count). The van der Waals surface area contributed by atoms with Gasteiger partial charge in [0.2, 0.25) is 0 Å². The molecule has 0 aliphatic carbocycles. The van der Waals surface area contributed by atoms with E-state index >= 15 is 0 Å². The summed E-state index contributed by atoms with van der Waals surface area (Å²) in [7, 11) is 5.00. The van der Waals surface area contributed by atoms with Crippen molar-refractivity contribution in [1.82, 2.24) is 5.43 Å². The fourth-order valence-electron chi connectivity index (χ4n) is 2.18. The molecule has 9 nitrogen and oxygen atoms in total. The number of rotatable bonds is 8. The Hall–Kier alpha value is -3.62. The Morgan fingerprint density at radius 1 is 1.22 bits per heavy atom. The van der Waals surface area contributed by atoms with Crippen LogP contribution in [0.1, 0.15) is 5.56 Å². The minimum absolute atomic E-state index is 0.0434. The number of nitrogens with zero attached hydrogens (tertiary/aromatic N) is 3. The van der Waals surface area contributed by atoms with Gasteiger partial charge in [0.25, 0.3) is 11.6 Å². The zero-order valence-corrected chi connectivity index (χ0v) is 15.2. The average molecular weight is 372 g/mol. The molecule has 0 unspecified atom stereocenters. The summed E-state index contributed by atoms with van der Waals surface area (Å²) in [5.74, 6) is 0.747. The lowest BCUT2D eigenvalue weighted by Gasteiger charge is -2.12. The van der Waals surface area contributed by atoms with Crippen LogP contribution in [-0.4, -0.2) is 44.9 Å². The van der Waals surface area contributed by atoms with Crippen molar-refractivity contribution in [3.63, 3.8) is 0 Å². The first-order valence-electron chi connectivity index (χ1n) is 7.95. The van der Waals surface area contributed by atoms with Gasteiger partial charge in [0, 0.05) is 25.7 Å². The number of hydrazone groups is 1. The molecule has 0 saturated carbocycles. The number of nitro benzene ring substituents is 1. The van der Waals surface area contributed by atoms with Gasteiger partial charge < -0.3 is 14.4 Å². The van der Waals surface area contributed by atoms with Crippen molar-refractivity contribution in [1.29, 1.82) is 0 Å². The Morgan fingerprint density at radius 3 is 2.48 bits per heavy atom. The monoisotopic (exact) mass is 372 g/mol. The van der Waals surface area contributed by atoms with E-state index in [1.54, 1.807) is 62.5 Å². The van der Waals surface area contributed by atoms with E-state index in [1.807, 2.05) is 0 Å². The second kappa shape index (κ2) is 9.18. The molecule has 0 aromatic heterocycles. The normalized spacial score (nSPS) is 10.5. The first kappa shape index (κ1) is 19.7. The highest BCUT2D eigenvalue weighted by Crippen LogP contribution is 2.27. The van der Waals surface area contributed by atoms with Crippen molar-refractivity contribution in [3.05, 3.63) is 58.1 Å². The molecule has 0 spiro atoms. The van der Waals surface area contributed by atoms with Crippen molar-refractivity contribution in [2.45, 2.75) is 0 Å². The number of hydrogen-bond donors (Lipinski definition) is 1. The maximum Gasteiger partial charge on any atom is 0.293 e. The van der Waals surface area contributed by atoms with Crippen LogP contribution in [0.15, 0.2) is 47.6 Å². The predicted octanol–water partition coefficient (Wildman–Crippen LogP) is 2.20. The fourth-order valence-corrected chi connectivity index (χ4v) is 2.18. The van der Waals surface area contributed by atoms with Gasteiger partial charge in [-0.2, -0.15) is 5.10 Å². The highest BCUT2D eigenvalue weighted by Gasteiger charge is 2.15. The molecule has 0 atom stereocenters. The number of anilines is 1. The number of ether oxygens (including phenoxy) is 2. The molecule has 2 aromatic carbocycles. The molecule has 142 valence electrons. The summed E-state index contributed by atoms with van der Waals surface area (Å²) in [6.45, 7) is -0.219. The van der Waals surface area contributed by atoms with Crippen molar-refractivity contribution in [2.75, 3.05) is 32.7 Å². The second-order valence-corrected chi connectivity index (χ2v) is 5.66. The standard InChI is InChI=1S/C18H20N4O5/c1-21(2)16-9-4-13(10-17(16)22(24)25)11-19-20-18(23)12-27-15-7-5-14(26-3)6-8-15/h4-11H,12H2,1-3H3,(H,20,23)/b19-11+. The molecule has 1 N–H and O–H groups in total. The van der Waals surface area contributed by atoms with E-state index in [4.69, 9.17) is 9.47 Å². The molecule has 2 aromatic rings. The first-order chi connectivity index (χ1) is 12.9. The molecular weight excluding hydrogens is 352 g/mol. The lowest BCUT2D eigenvalue weighted by molar-refractivity contribution is -0.384. The highest BCUT2D eigenvalue weighted by atomic mass is 16.6. The molecular formula is C18H20N4O5. The van der Waals surface area contributed by atoms with Crippen LogP contribution in [0.4, 0.5) is 11.4 Å². The molecule has 0 fully saturated rings. The third-order valence-electron chi connectivity index (χ3n) is 3.51. The van der Waals surface area contributed by atoms with Crippen molar-refractivity contribution >= 4 is 23.5 Å². The summed E-state index contributed by atoms with van der Waals surface area (Å²) < 4.78 is 10.4. The van der Waals surface area contributed by atoms with Crippen molar-refractivity contribution < 1.29 is 19.2 Å². The lowest BCUT2D eigenvalue weighted by atomic mass is 10.2. The Bertz CT molecular complexity index is 834. The number of nitro groups is 1. The van der Waals surface area contributed by atoms with Gasteiger partial charge in [0.05, 0.1) is 18.2 Å². The van der Waals surface area contributed by atoms with Gasteiger partial charge in [-0.25, -0.2) is 5.43 Å². The van der Waals surface area contributed by atoms with Gasteiger partial charge in [0.15, 0.2) is 6.61 Å². The van der Waals surface area contributed by atoms with E-state index in [0.29, 0.717) is 22.7 Å². The summed E-state index contributed by atoms with van der Waals surface area (Å²) >= 11 is 0. The van der Waals surface area contributed by atoms with Gasteiger partial charge in [-0.05, 0) is 30.3 Å². The summed E-state index contributed by atoms with van der Waals surface area (Å²) in [6, 6.07) is 11.5. The third kappa shape index (κ3) is 5.70. The number of benzene rings is 2. The van der Waals surface area contributed by atoms with Crippen LogP contribution in [0.25, 0.3) is 0 Å². The molecule has 0 heterocycles. The molecule has 0 saturated heterocycles. The first-order valence-corrected chi connectivity index (χ1v) is 7.95. The largest absolute Gasteiger partial charge is 0.497 e. The van der Waals surface area contributed by atoms with E-state index in [-0.39, 0.29) is 12.3 Å². The Kier molecular flexibility index (Phi) is 6.70. The van der Waals surface area contributed by atoms with Gasteiger partial charge in [0.1, 0.15) is 17.2 Å². The van der Waals surface area contributed by atoms with Crippen LogP contribution < -0.4 is 19.8 Å². The fraction of sp³-hybridized carbons (Fsp3) is 0.222. The molecule has 0 aliphatic heterocycles. The van der Waals surface area contributed by atoms with Crippen molar-refractivity contribution in [3.8, 4) is 11.5 Å². The number of nitrogens with one attached hydrogen (secondary N) is 1. The van der Waals surface area contributed by atoms with E-state index < -0.39 is 10.8 Å². The number of carbonyl (C=O) groups is 1. The number of methoxy groups -OCH3 is 1. The zero-order chi connectivity index (χ0) is 19.8. The third-order valence-corrected chi connectivity index (χ3v) is 3.51. The summed E-state index contributed by atoms with van der Waals surface area (Å²) in [5, 5.41) is 15.0. The molecule has 1 amide bonds. The smallest absolute Gasteiger partial charge is 0.293 e. The minimum Gasteiger partial charge on any atom is -0.497 e. The van der Waals surface area contributed by atoms with Crippen LogP contribution in [0.2, 0.25) is 0 Å². The van der Waals surface area contributed by atoms with Crippen LogP contribution >= 0.6 is 0 Å². The van der Waals surface area contributed by atoms with Crippen LogP contribution in [0.3, 0.4) is 0 Å². The van der Waals surface area contributed by atoms with Crippen LogP contribution in [0.5, 0.6) is 11.5 Å². The van der Waals surface area contributed by atoms with Gasteiger partial charge in [-0.3, -0.25) is 14.9 Å². The molecule has 27 heavy (non-hydrogen) atoms. The van der Waals surface area contributed by atoms with E-state index in [9.17, 15) is 14.9 Å². The van der Waals surface area contributed by atoms with Gasteiger partial charge in [-0.1, -0.05) is 6.07 Å². The minimum atomic E-state index is -0.464. The number of hydrogen-bond acceptors (Lipinski definition) is 7. The zero-order valence-electron chi connectivity index (χ0n) is 15.2. The summed E-state index contributed by atoms with van der Waals surface area (Å²) in [5.41, 5.74) is 3.24. The van der Waals surface area contributed by atoms with E-state index in [2.05, 4.69) is 10.5 Å². The number of carbonyl (C=O) groups excluding carboxylic acids is 1. The maximum absolute atomic E-state index is 11.8. The second-order valence-electron chi connectivity index (χ2n) is 5.66. The van der Waals surface area contributed by atoms with Crippen molar-refractivity contribution in [2.24, 2.45) is 5.10 Å². The average Bonchev–Trinajstić information content (AvgIpc) is 2.66. The summed E-state index contributed by atoms with van der Waals surface area (Å²) in [4.78, 5) is 24.1. The van der Waals surface area contributed by atoms with E-state index in [1.165, 1.54) is 12.3 Å². The predicted molar refractivity (Wildman–Crippen MR) is 102 cm³/mol. The Labute approximate surface area is 156 Å². The van der Waals surface area contributed by atoms with Crippen LogP contribution in [0, 0.1) is 10.1 Å². The molecule has 9 heteroatoms. The van der Waals surface area contributed by atoms with E-state index in [0.717, 1.165) is 0 Å². The van der Waals surface area contributed by atoms with Gasteiger partial charge in [-0.15, -0.1) is 0 Å². The quantitative estimate of drug-likeness (QED) is 0.432. The maximum atomic E-state index is 11.8. The molecule has 0 aliphatic rings. The molecule has 0 bridgehead atoms. The van der Waals surface area contributed by atoms with Gasteiger partial charge >= 0.3 is 0 Å². The Morgan fingerprint density at radius 2 is 1.89 bits per heavy atom. The van der Waals surface area contributed by atoms with Crippen LogP contribution in [-0.2, 0) is 4.79 Å². The highest BCUT2D eigenvalue weighted by molar-refractivity contribution is 5.85.